The van der Waals surface area contributed by atoms with Crippen LogP contribution < -0.4 is 0 Å². The molecule has 0 aliphatic heterocycles. The highest BCUT2D eigenvalue weighted by atomic mass is 32.2. The maximum absolute atomic E-state index is 10.4. The van der Waals surface area contributed by atoms with Gasteiger partial charge in [-0.2, -0.15) is 0 Å². The quantitative estimate of drug-likeness (QED) is 0.0963. The largest absolute Gasteiger partial charge is 0.744 e. The molecule has 0 saturated carbocycles. The van der Waals surface area contributed by atoms with Gasteiger partial charge in [0.15, 0.2) is 14.7 Å². The molecule has 0 atom stereocenters. The SMILES string of the molecule is CCCCCc1ccc([S+](c2ccccc2)c2ccc(CCCCC)cc2)cc1.Cc1ccc(S(=O)(=O)[O-])cc1. The predicted molar refractivity (Wildman–Crippen MR) is 167 cm³/mol. The Morgan fingerprint density at radius 3 is 1.40 bits per heavy atom. The predicted octanol–water partition coefficient (Wildman–Crippen LogP) is 9.15. The maximum atomic E-state index is 10.4. The average Bonchev–Trinajstić information content (AvgIpc) is 2.96. The fourth-order valence-electron chi connectivity index (χ4n) is 4.41. The third-order valence-corrected chi connectivity index (χ3v) is 9.82. The lowest BCUT2D eigenvalue weighted by Gasteiger charge is -2.10. The number of aryl methyl sites for hydroxylation is 3. The molecule has 212 valence electrons. The van der Waals surface area contributed by atoms with Crippen LogP contribution in [0.25, 0.3) is 0 Å². The molecule has 0 N–H and O–H groups in total. The highest BCUT2D eigenvalue weighted by molar-refractivity contribution is 7.97. The number of rotatable bonds is 12. The molecule has 5 heteroatoms. The van der Waals surface area contributed by atoms with Crippen LogP contribution in [0.5, 0.6) is 0 Å². The summed E-state index contributed by atoms with van der Waals surface area (Å²) in [6.07, 6.45) is 10.2. The second-order valence-corrected chi connectivity index (χ2v) is 13.5. The van der Waals surface area contributed by atoms with E-state index in [1.807, 2.05) is 6.92 Å². The van der Waals surface area contributed by atoms with Gasteiger partial charge in [0.25, 0.3) is 0 Å². The molecule has 0 aromatic heterocycles. The normalized spacial score (nSPS) is 11.2. The Kier molecular flexibility index (Phi) is 13.0. The summed E-state index contributed by atoms with van der Waals surface area (Å²) in [5.74, 6) is 0. The van der Waals surface area contributed by atoms with Crippen LogP contribution >= 0.6 is 0 Å². The van der Waals surface area contributed by atoms with Gasteiger partial charge in [0.2, 0.25) is 0 Å². The molecule has 3 nitrogen and oxygen atoms in total. The lowest BCUT2D eigenvalue weighted by molar-refractivity contribution is 0.463. The molecule has 0 saturated heterocycles. The van der Waals surface area contributed by atoms with Crippen molar-refractivity contribution in [3.05, 3.63) is 120 Å². The molecule has 0 fully saturated rings. The molecule has 4 rings (SSSR count). The summed E-state index contributed by atoms with van der Waals surface area (Å²) in [5, 5.41) is 0. The summed E-state index contributed by atoms with van der Waals surface area (Å²) in [4.78, 5) is 4.04. The zero-order valence-electron chi connectivity index (χ0n) is 24.0. The minimum Gasteiger partial charge on any atom is -0.744 e. The van der Waals surface area contributed by atoms with Gasteiger partial charge in [-0.15, -0.1) is 0 Å². The van der Waals surface area contributed by atoms with E-state index >= 15 is 0 Å². The van der Waals surface area contributed by atoms with Crippen LogP contribution in [0.3, 0.4) is 0 Å². The van der Waals surface area contributed by atoms with Gasteiger partial charge in [-0.05, 0) is 92.3 Å². The lowest BCUT2D eigenvalue weighted by Crippen LogP contribution is -2.05. The molecule has 0 heterocycles. The molecule has 0 radical (unpaired) electrons. The molecule has 0 aliphatic rings. The Morgan fingerprint density at radius 2 is 1.00 bits per heavy atom. The number of hydrogen-bond acceptors (Lipinski definition) is 3. The van der Waals surface area contributed by atoms with Gasteiger partial charge in [0.05, 0.1) is 15.8 Å². The lowest BCUT2D eigenvalue weighted by atomic mass is 10.1. The Labute approximate surface area is 244 Å². The molecule has 0 spiro atoms. The fraction of sp³-hybridized carbons (Fsp3) is 0.314. The molecule has 0 bridgehead atoms. The van der Waals surface area contributed by atoms with Gasteiger partial charge in [0.1, 0.15) is 10.1 Å². The fourth-order valence-corrected chi connectivity index (χ4v) is 6.94. The van der Waals surface area contributed by atoms with Crippen molar-refractivity contribution in [2.24, 2.45) is 0 Å². The van der Waals surface area contributed by atoms with E-state index in [2.05, 4.69) is 92.7 Å². The van der Waals surface area contributed by atoms with Gasteiger partial charge in [-0.3, -0.25) is 0 Å². The van der Waals surface area contributed by atoms with Crippen molar-refractivity contribution >= 4 is 21.0 Å². The zero-order chi connectivity index (χ0) is 28.8. The van der Waals surface area contributed by atoms with Crippen molar-refractivity contribution in [3.63, 3.8) is 0 Å². The highest BCUT2D eigenvalue weighted by Crippen LogP contribution is 2.31. The van der Waals surface area contributed by atoms with Crippen LogP contribution in [0, 0.1) is 6.92 Å². The Balaban J connectivity index is 0.000000336. The van der Waals surface area contributed by atoms with E-state index in [0.29, 0.717) is 0 Å². The van der Waals surface area contributed by atoms with Crippen LogP contribution in [0.1, 0.15) is 69.1 Å². The summed E-state index contributed by atoms with van der Waals surface area (Å²) in [7, 11) is -4.32. The molecule has 4 aromatic rings. The van der Waals surface area contributed by atoms with Gasteiger partial charge in [0, 0.05) is 0 Å². The van der Waals surface area contributed by atoms with Crippen molar-refractivity contribution < 1.29 is 13.0 Å². The number of hydrogen-bond donors (Lipinski definition) is 0. The van der Waals surface area contributed by atoms with E-state index in [-0.39, 0.29) is 15.8 Å². The van der Waals surface area contributed by atoms with E-state index < -0.39 is 10.1 Å². The zero-order valence-corrected chi connectivity index (χ0v) is 25.6. The Morgan fingerprint density at radius 1 is 0.575 bits per heavy atom. The van der Waals surface area contributed by atoms with Gasteiger partial charge in [-0.1, -0.05) is 99.7 Å². The van der Waals surface area contributed by atoms with Crippen molar-refractivity contribution in [1.29, 1.82) is 0 Å². The smallest absolute Gasteiger partial charge is 0.166 e. The maximum Gasteiger partial charge on any atom is 0.166 e. The Hall–Kier alpha value is -2.86. The van der Waals surface area contributed by atoms with Gasteiger partial charge >= 0.3 is 0 Å². The van der Waals surface area contributed by atoms with E-state index in [0.717, 1.165) is 5.56 Å². The summed E-state index contributed by atoms with van der Waals surface area (Å²) in [5.41, 5.74) is 3.85. The Bertz CT molecular complexity index is 1310. The third-order valence-electron chi connectivity index (χ3n) is 6.74. The standard InChI is InChI=1S/C28H35S.C7H8O3S/c1-3-5-8-12-24-16-20-27(21-17-24)29(26-14-10-7-11-15-26)28-22-18-25(19-23-28)13-9-6-4-2;1-6-2-4-7(5-3-6)11(8,9)10/h7,10-11,14-23H,3-6,8-9,12-13H2,1-2H3;2-5H,1H3,(H,8,9,10)/q+1;/p-1. The second-order valence-electron chi connectivity index (χ2n) is 10.1. The van der Waals surface area contributed by atoms with E-state index in [1.165, 1.54) is 89.3 Å². The van der Waals surface area contributed by atoms with E-state index in [4.69, 9.17) is 0 Å². The molecule has 40 heavy (non-hydrogen) atoms. The first kappa shape index (κ1) is 31.7. The van der Waals surface area contributed by atoms with Crippen molar-refractivity contribution in [1.82, 2.24) is 0 Å². The average molecular weight is 575 g/mol. The first-order chi connectivity index (χ1) is 19.3. The topological polar surface area (TPSA) is 57.2 Å². The summed E-state index contributed by atoms with van der Waals surface area (Å²) >= 11 is 0. The van der Waals surface area contributed by atoms with Crippen LogP contribution in [0.4, 0.5) is 0 Å². The summed E-state index contributed by atoms with van der Waals surface area (Å²) in [6, 6.07) is 35.5. The molecular weight excluding hydrogens is 533 g/mol. The van der Waals surface area contributed by atoms with Crippen LogP contribution in [-0.4, -0.2) is 13.0 Å². The van der Waals surface area contributed by atoms with E-state index in [9.17, 15) is 13.0 Å². The molecular formula is C35H42O3S2. The first-order valence-electron chi connectivity index (χ1n) is 14.3. The molecule has 0 amide bonds. The first-order valence-corrected chi connectivity index (χ1v) is 16.9. The van der Waals surface area contributed by atoms with Gasteiger partial charge < -0.3 is 4.55 Å². The summed E-state index contributed by atoms with van der Waals surface area (Å²) in [6.45, 7) is 6.36. The second kappa shape index (κ2) is 16.4. The van der Waals surface area contributed by atoms with Crippen LogP contribution in [0.2, 0.25) is 0 Å². The number of benzene rings is 4. The monoisotopic (exact) mass is 574 g/mol. The molecule has 0 unspecified atom stereocenters. The molecule has 4 aromatic carbocycles. The van der Waals surface area contributed by atoms with Crippen molar-refractivity contribution in [2.75, 3.05) is 0 Å². The molecule has 0 aliphatic carbocycles. The minimum atomic E-state index is -4.27. The summed E-state index contributed by atoms with van der Waals surface area (Å²) < 4.78 is 31.2. The van der Waals surface area contributed by atoms with Crippen LogP contribution in [-0.2, 0) is 33.9 Å². The van der Waals surface area contributed by atoms with E-state index in [1.54, 1.807) is 12.1 Å². The van der Waals surface area contributed by atoms with Crippen molar-refractivity contribution in [3.8, 4) is 0 Å². The number of unbranched alkanes of at least 4 members (excludes halogenated alkanes) is 4. The van der Waals surface area contributed by atoms with Crippen molar-refractivity contribution in [2.45, 2.75) is 91.7 Å². The van der Waals surface area contributed by atoms with Gasteiger partial charge in [-0.25, -0.2) is 8.42 Å². The minimum absolute atomic E-state index is 0.0458. The third kappa shape index (κ3) is 10.3. The van der Waals surface area contributed by atoms with Crippen LogP contribution in [0.15, 0.2) is 123 Å². The highest BCUT2D eigenvalue weighted by Gasteiger charge is 2.28.